The third-order valence-corrected chi connectivity index (χ3v) is 6.12. The van der Waals surface area contributed by atoms with Crippen molar-refractivity contribution in [3.63, 3.8) is 0 Å². The average molecular weight is 423 g/mol. The molecule has 3 aromatic rings. The highest BCUT2D eigenvalue weighted by Gasteiger charge is 2.37. The molecule has 1 aromatic carbocycles. The van der Waals surface area contributed by atoms with Gasteiger partial charge in [0.05, 0.1) is 6.20 Å². The molecule has 0 spiro atoms. The summed E-state index contributed by atoms with van der Waals surface area (Å²) in [5.74, 6) is 1.45. The molecule has 1 fully saturated rings. The van der Waals surface area contributed by atoms with E-state index in [0.29, 0.717) is 28.9 Å². The lowest BCUT2D eigenvalue weighted by Gasteiger charge is -2.27. The predicted octanol–water partition coefficient (Wildman–Crippen LogP) is 2.98. The quantitative estimate of drug-likeness (QED) is 0.505. The van der Waals surface area contributed by atoms with Gasteiger partial charge < -0.3 is 19.3 Å². The number of nitrogens with zero attached hydrogens (tertiary/aromatic N) is 5. The number of rotatable bonds is 4. The Morgan fingerprint density at radius 3 is 3.00 bits per heavy atom. The van der Waals surface area contributed by atoms with Crippen LogP contribution in [0.25, 0.3) is 11.5 Å². The molecule has 0 unspecified atom stereocenters. The van der Waals surface area contributed by atoms with Gasteiger partial charge in [-0.1, -0.05) is 17.8 Å². The number of carbonyl (C=O) groups is 1. The van der Waals surface area contributed by atoms with Crippen LogP contribution in [0.5, 0.6) is 0 Å². The Balaban J connectivity index is 1.56. The minimum absolute atomic E-state index is 0.104. The van der Waals surface area contributed by atoms with Crippen LogP contribution in [0.15, 0.2) is 46.2 Å². The number of hydrogen-bond acceptors (Lipinski definition) is 8. The predicted molar refractivity (Wildman–Crippen MR) is 114 cm³/mol. The number of aromatic nitrogens is 3. The van der Waals surface area contributed by atoms with Crippen molar-refractivity contribution in [2.45, 2.75) is 30.6 Å². The Kier molecular flexibility index (Phi) is 4.92. The number of hydrogen-bond donors (Lipinski definition) is 1. The SMILES string of the molecule is CSc1ncc2c(n1)N1CCC[C@H]1CN(c1cccc(-c3ncc(CO)o3)c1)C2=O. The van der Waals surface area contributed by atoms with Crippen molar-refractivity contribution in [3.05, 3.63) is 48.0 Å². The van der Waals surface area contributed by atoms with Gasteiger partial charge in [-0.25, -0.2) is 15.0 Å². The van der Waals surface area contributed by atoms with Crippen molar-refractivity contribution in [2.75, 3.05) is 29.1 Å². The van der Waals surface area contributed by atoms with Crippen molar-refractivity contribution < 1.29 is 14.3 Å². The summed E-state index contributed by atoms with van der Waals surface area (Å²) >= 11 is 1.48. The van der Waals surface area contributed by atoms with Gasteiger partial charge in [0, 0.05) is 36.6 Å². The fourth-order valence-corrected chi connectivity index (χ4v) is 4.45. The summed E-state index contributed by atoms with van der Waals surface area (Å²) in [6.07, 6.45) is 7.18. The van der Waals surface area contributed by atoms with Crippen molar-refractivity contribution in [2.24, 2.45) is 0 Å². The molecule has 4 heterocycles. The number of thioether (sulfide) groups is 1. The maximum atomic E-state index is 13.5. The molecular weight excluding hydrogens is 402 g/mol. The largest absolute Gasteiger partial charge is 0.439 e. The lowest BCUT2D eigenvalue weighted by atomic mass is 10.1. The van der Waals surface area contributed by atoms with E-state index in [0.717, 1.165) is 36.5 Å². The monoisotopic (exact) mass is 423 g/mol. The van der Waals surface area contributed by atoms with Crippen LogP contribution in [0, 0.1) is 0 Å². The van der Waals surface area contributed by atoms with E-state index in [2.05, 4.69) is 19.9 Å². The summed E-state index contributed by atoms with van der Waals surface area (Å²) in [5.41, 5.74) is 2.05. The Bertz CT molecular complexity index is 1100. The highest BCUT2D eigenvalue weighted by Crippen LogP contribution is 2.35. The molecule has 1 N–H and O–H groups in total. The van der Waals surface area contributed by atoms with E-state index in [-0.39, 0.29) is 18.6 Å². The zero-order valence-corrected chi connectivity index (χ0v) is 17.3. The van der Waals surface area contributed by atoms with E-state index in [4.69, 9.17) is 4.42 Å². The smallest absolute Gasteiger partial charge is 0.263 e. The van der Waals surface area contributed by atoms with Crippen LogP contribution in [0.1, 0.15) is 29.0 Å². The van der Waals surface area contributed by atoms with Crippen LogP contribution in [0.3, 0.4) is 0 Å². The number of amides is 1. The summed E-state index contributed by atoms with van der Waals surface area (Å²) in [4.78, 5) is 30.8. The van der Waals surface area contributed by atoms with Crippen molar-refractivity contribution in [3.8, 4) is 11.5 Å². The van der Waals surface area contributed by atoms with Gasteiger partial charge in [-0.05, 0) is 37.3 Å². The number of aliphatic hydroxyl groups is 1. The second kappa shape index (κ2) is 7.73. The topological polar surface area (TPSA) is 95.6 Å². The summed E-state index contributed by atoms with van der Waals surface area (Å²) in [6.45, 7) is 1.27. The van der Waals surface area contributed by atoms with Crippen LogP contribution in [0.4, 0.5) is 11.5 Å². The normalized spacial score (nSPS) is 18.3. The lowest BCUT2D eigenvalue weighted by Crippen LogP contribution is -2.39. The molecule has 0 saturated carbocycles. The van der Waals surface area contributed by atoms with E-state index < -0.39 is 0 Å². The minimum Gasteiger partial charge on any atom is -0.439 e. The molecule has 30 heavy (non-hydrogen) atoms. The van der Waals surface area contributed by atoms with Crippen LogP contribution in [0.2, 0.25) is 0 Å². The van der Waals surface area contributed by atoms with E-state index in [9.17, 15) is 9.90 Å². The first-order chi connectivity index (χ1) is 14.7. The number of anilines is 2. The second-order valence-electron chi connectivity index (χ2n) is 7.34. The van der Waals surface area contributed by atoms with Gasteiger partial charge >= 0.3 is 0 Å². The molecule has 9 heteroatoms. The van der Waals surface area contributed by atoms with Gasteiger partial charge in [0.15, 0.2) is 5.16 Å². The Morgan fingerprint density at radius 1 is 1.30 bits per heavy atom. The minimum atomic E-state index is -0.205. The Morgan fingerprint density at radius 2 is 2.20 bits per heavy atom. The van der Waals surface area contributed by atoms with Gasteiger partial charge in [0.2, 0.25) is 5.89 Å². The number of carbonyl (C=O) groups excluding carboxylic acids is 1. The lowest BCUT2D eigenvalue weighted by molar-refractivity contribution is 0.0988. The first-order valence-corrected chi connectivity index (χ1v) is 11.1. The fraction of sp³-hybridized carbons (Fsp3) is 0.333. The average Bonchev–Trinajstić information content (AvgIpc) is 3.44. The number of oxazole rings is 1. The van der Waals surface area contributed by atoms with Crippen molar-refractivity contribution >= 4 is 29.2 Å². The molecule has 0 radical (unpaired) electrons. The fourth-order valence-electron chi connectivity index (χ4n) is 4.11. The number of fused-ring (bicyclic) bond motifs is 3. The van der Waals surface area contributed by atoms with Crippen LogP contribution in [-0.4, -0.2) is 51.4 Å². The summed E-state index contributed by atoms with van der Waals surface area (Å²) in [6, 6.07) is 7.78. The molecule has 2 aliphatic heterocycles. The van der Waals surface area contributed by atoms with Crippen molar-refractivity contribution in [1.82, 2.24) is 15.0 Å². The molecule has 5 rings (SSSR count). The highest BCUT2D eigenvalue weighted by molar-refractivity contribution is 7.98. The third-order valence-electron chi connectivity index (χ3n) is 5.56. The first kappa shape index (κ1) is 19.1. The maximum Gasteiger partial charge on any atom is 0.263 e. The molecule has 2 aliphatic rings. The van der Waals surface area contributed by atoms with Crippen molar-refractivity contribution in [1.29, 1.82) is 0 Å². The molecule has 1 amide bonds. The highest BCUT2D eigenvalue weighted by atomic mass is 32.2. The van der Waals surface area contributed by atoms with Gasteiger partial charge in [0.1, 0.15) is 23.7 Å². The van der Waals surface area contributed by atoms with Crippen LogP contribution >= 0.6 is 11.8 Å². The van der Waals surface area contributed by atoms with E-state index >= 15 is 0 Å². The van der Waals surface area contributed by atoms with E-state index in [1.807, 2.05) is 30.5 Å². The number of benzene rings is 1. The van der Waals surface area contributed by atoms with Crippen LogP contribution in [-0.2, 0) is 6.61 Å². The van der Waals surface area contributed by atoms with Gasteiger partial charge in [-0.2, -0.15) is 0 Å². The molecular formula is C21H21N5O3S. The Hall–Kier alpha value is -2.91. The van der Waals surface area contributed by atoms with Gasteiger partial charge in [-0.3, -0.25) is 4.79 Å². The van der Waals surface area contributed by atoms with Gasteiger partial charge in [0.25, 0.3) is 5.91 Å². The molecule has 2 aromatic heterocycles. The van der Waals surface area contributed by atoms with Crippen LogP contribution < -0.4 is 9.80 Å². The van der Waals surface area contributed by atoms with E-state index in [1.165, 1.54) is 18.0 Å². The first-order valence-electron chi connectivity index (χ1n) is 9.83. The Labute approximate surface area is 178 Å². The zero-order chi connectivity index (χ0) is 20.7. The molecule has 154 valence electrons. The second-order valence-corrected chi connectivity index (χ2v) is 8.11. The molecule has 1 saturated heterocycles. The number of aliphatic hydroxyl groups excluding tert-OH is 1. The zero-order valence-electron chi connectivity index (χ0n) is 16.5. The molecule has 1 atom stereocenters. The standard InChI is InChI=1S/C21H21N5O3S/c1-30-21-23-10-17-18(24-21)25-7-3-6-15(25)11-26(20(17)28)14-5-2-4-13(8-14)19-22-9-16(12-27)29-19/h2,4-5,8-10,15,27H,3,6-7,11-12H2,1H3/t15-/m0/s1. The molecule has 8 nitrogen and oxygen atoms in total. The summed E-state index contributed by atoms with van der Waals surface area (Å²) in [5, 5.41) is 9.91. The third kappa shape index (κ3) is 3.23. The summed E-state index contributed by atoms with van der Waals surface area (Å²) < 4.78 is 5.57. The van der Waals surface area contributed by atoms with E-state index in [1.54, 1.807) is 11.1 Å². The maximum absolute atomic E-state index is 13.5. The molecule has 0 bridgehead atoms. The summed E-state index contributed by atoms with van der Waals surface area (Å²) in [7, 11) is 0. The van der Waals surface area contributed by atoms with Gasteiger partial charge in [-0.15, -0.1) is 0 Å². The molecule has 0 aliphatic carbocycles.